The number of nitrogens with zero attached hydrogens (tertiary/aromatic N) is 2. The number of aromatic nitrogens is 2. The van der Waals surface area contributed by atoms with Gasteiger partial charge in [0.25, 0.3) is 0 Å². The van der Waals surface area contributed by atoms with Gasteiger partial charge in [-0.3, -0.25) is 4.79 Å². The number of rotatable bonds is 6. The topological polar surface area (TPSA) is 46.9 Å². The lowest BCUT2D eigenvalue weighted by atomic mass is 10.1. The minimum absolute atomic E-state index is 0.0636. The van der Waals surface area contributed by atoms with Crippen molar-refractivity contribution >= 4 is 17.7 Å². The highest BCUT2D eigenvalue weighted by Gasteiger charge is 2.30. The Kier molecular flexibility index (Phi) is 7.80. The summed E-state index contributed by atoms with van der Waals surface area (Å²) in [6.45, 7) is 9.10. The van der Waals surface area contributed by atoms with Crippen molar-refractivity contribution < 1.29 is 18.0 Å². The summed E-state index contributed by atoms with van der Waals surface area (Å²) in [7, 11) is 0. The van der Waals surface area contributed by atoms with Crippen LogP contribution in [0.25, 0.3) is 0 Å². The predicted molar refractivity (Wildman–Crippen MR) is 109 cm³/mol. The predicted octanol–water partition coefficient (Wildman–Crippen LogP) is 4.43. The molecule has 0 spiro atoms. The Balaban J connectivity index is 1.88. The Bertz CT molecular complexity index is 923. The first-order valence-corrected chi connectivity index (χ1v) is 10.2. The summed E-state index contributed by atoms with van der Waals surface area (Å²) in [5.41, 5.74) is 1.55. The molecule has 1 aromatic heterocycles. The summed E-state index contributed by atoms with van der Waals surface area (Å²) in [6.07, 6.45) is -4.40. The van der Waals surface area contributed by atoms with E-state index in [-0.39, 0.29) is 23.8 Å². The van der Waals surface area contributed by atoms with Gasteiger partial charge in [0.05, 0.1) is 23.6 Å². The van der Waals surface area contributed by atoms with Gasteiger partial charge in [-0.25, -0.2) is 4.98 Å². The van der Waals surface area contributed by atoms with Crippen LogP contribution in [0.3, 0.4) is 0 Å². The number of benzene rings is 1. The van der Waals surface area contributed by atoms with E-state index in [1.54, 1.807) is 0 Å². The molecule has 0 fully saturated rings. The van der Waals surface area contributed by atoms with Crippen LogP contribution in [0.5, 0.6) is 0 Å². The third kappa shape index (κ3) is 6.86. The molecular weight excluding hydrogens is 399 g/mol. The third-order valence-electron chi connectivity index (χ3n) is 4.10. The molecule has 4 nitrogen and oxygen atoms in total. The molecule has 0 atom stereocenters. The number of imidazole rings is 1. The van der Waals surface area contributed by atoms with E-state index in [0.717, 1.165) is 35.2 Å². The van der Waals surface area contributed by atoms with E-state index in [4.69, 9.17) is 0 Å². The lowest BCUT2D eigenvalue weighted by molar-refractivity contribution is -0.137. The van der Waals surface area contributed by atoms with Gasteiger partial charge in [0.2, 0.25) is 5.91 Å². The maximum absolute atomic E-state index is 12.7. The molecule has 29 heavy (non-hydrogen) atoms. The number of aryl methyl sites for hydroxylation is 1. The highest BCUT2D eigenvalue weighted by atomic mass is 32.2. The summed E-state index contributed by atoms with van der Waals surface area (Å²) in [5, 5.41) is 3.46. The van der Waals surface area contributed by atoms with Crippen LogP contribution in [0.4, 0.5) is 13.2 Å². The van der Waals surface area contributed by atoms with Gasteiger partial charge in [0.15, 0.2) is 5.16 Å². The van der Waals surface area contributed by atoms with Crippen LogP contribution in [-0.2, 0) is 17.5 Å². The fourth-order valence-electron chi connectivity index (χ4n) is 2.56. The smallest absolute Gasteiger partial charge is 0.344 e. The quantitative estimate of drug-likeness (QED) is 0.552. The number of hydrogen-bond donors (Lipinski definition) is 1. The van der Waals surface area contributed by atoms with E-state index in [1.807, 2.05) is 13.8 Å². The van der Waals surface area contributed by atoms with E-state index in [9.17, 15) is 18.0 Å². The molecule has 0 saturated heterocycles. The van der Waals surface area contributed by atoms with Crippen molar-refractivity contribution in [1.29, 1.82) is 0 Å². The first-order valence-electron chi connectivity index (χ1n) is 9.17. The lowest BCUT2D eigenvalue weighted by Gasteiger charge is -2.12. The zero-order chi connectivity index (χ0) is 21.6. The Labute approximate surface area is 173 Å². The molecule has 1 amide bonds. The number of alkyl halides is 3. The zero-order valence-electron chi connectivity index (χ0n) is 16.9. The van der Waals surface area contributed by atoms with Crippen LogP contribution in [0.2, 0.25) is 0 Å². The standard InChI is InChI=1S/C21H24F3N3OS/c1-14(2)12-27-16(4)15(3)26-20(27)29-13-19(28)25-10-6-8-17-7-5-9-18(11-17)21(22,23)24/h5,7,9,11,14H,10,12-13H2,1-4H3,(H,25,28). The number of hydrogen-bond acceptors (Lipinski definition) is 3. The van der Waals surface area contributed by atoms with Crippen LogP contribution < -0.4 is 5.32 Å². The fourth-order valence-corrected chi connectivity index (χ4v) is 3.49. The van der Waals surface area contributed by atoms with Gasteiger partial charge >= 0.3 is 6.18 Å². The SMILES string of the molecule is Cc1nc(SCC(=O)NCC#Cc2cccc(C(F)(F)F)c2)n(CC(C)C)c1C. The molecule has 8 heteroatoms. The first kappa shape index (κ1) is 22.9. The number of carbonyl (C=O) groups excluding carboxylic acids is 1. The lowest BCUT2D eigenvalue weighted by Crippen LogP contribution is -2.25. The van der Waals surface area contributed by atoms with Gasteiger partial charge < -0.3 is 9.88 Å². The number of thioether (sulfide) groups is 1. The van der Waals surface area contributed by atoms with Gasteiger partial charge in [-0.1, -0.05) is 43.5 Å². The van der Waals surface area contributed by atoms with Crippen LogP contribution in [0.1, 0.15) is 36.4 Å². The van der Waals surface area contributed by atoms with Crippen LogP contribution in [-0.4, -0.2) is 27.8 Å². The van der Waals surface area contributed by atoms with E-state index in [0.29, 0.717) is 5.92 Å². The summed E-state index contributed by atoms with van der Waals surface area (Å²) >= 11 is 1.36. The van der Waals surface area contributed by atoms with E-state index in [2.05, 4.69) is 40.6 Å². The minimum atomic E-state index is -4.40. The molecule has 2 aromatic rings. The number of carbonyl (C=O) groups is 1. The monoisotopic (exact) mass is 423 g/mol. The summed E-state index contributed by atoms with van der Waals surface area (Å²) in [4.78, 5) is 16.6. The Morgan fingerprint density at radius 3 is 2.69 bits per heavy atom. The van der Waals surface area contributed by atoms with Crippen LogP contribution >= 0.6 is 11.8 Å². The number of nitrogens with one attached hydrogen (secondary N) is 1. The zero-order valence-corrected chi connectivity index (χ0v) is 17.7. The van der Waals surface area contributed by atoms with Crippen molar-refractivity contribution in [2.24, 2.45) is 5.92 Å². The van der Waals surface area contributed by atoms with Crippen molar-refractivity contribution in [3.05, 3.63) is 46.8 Å². The molecule has 0 radical (unpaired) electrons. The summed E-state index contributed by atoms with van der Waals surface area (Å²) in [6, 6.07) is 4.80. The van der Waals surface area contributed by atoms with E-state index in [1.165, 1.54) is 23.9 Å². The molecule has 156 valence electrons. The largest absolute Gasteiger partial charge is 0.416 e. The average molecular weight is 424 g/mol. The van der Waals surface area contributed by atoms with Gasteiger partial charge in [-0.05, 0) is 38.0 Å². The van der Waals surface area contributed by atoms with Gasteiger partial charge in [-0.2, -0.15) is 13.2 Å². The van der Waals surface area contributed by atoms with Gasteiger partial charge in [-0.15, -0.1) is 0 Å². The highest BCUT2D eigenvalue weighted by Crippen LogP contribution is 2.29. The molecule has 0 aliphatic carbocycles. The van der Waals surface area contributed by atoms with Crippen molar-refractivity contribution in [3.8, 4) is 11.8 Å². The van der Waals surface area contributed by atoms with Crippen LogP contribution in [0, 0.1) is 31.6 Å². The molecule has 0 aliphatic heterocycles. The molecule has 0 unspecified atom stereocenters. The maximum atomic E-state index is 12.7. The molecule has 0 aliphatic rings. The Hall–Kier alpha value is -2.40. The fraction of sp³-hybridized carbons (Fsp3) is 0.429. The molecule has 1 N–H and O–H groups in total. The van der Waals surface area contributed by atoms with Crippen molar-refractivity contribution in [3.63, 3.8) is 0 Å². The second-order valence-corrected chi connectivity index (χ2v) is 7.96. The normalized spacial score (nSPS) is 11.3. The second kappa shape index (κ2) is 9.88. The first-order chi connectivity index (χ1) is 13.6. The van der Waals surface area contributed by atoms with Crippen LogP contribution in [0.15, 0.2) is 29.4 Å². The molecular formula is C21H24F3N3OS. The molecule has 0 bridgehead atoms. The third-order valence-corrected chi connectivity index (χ3v) is 5.08. The summed E-state index contributed by atoms with van der Waals surface area (Å²) in [5.74, 6) is 5.77. The Morgan fingerprint density at radius 2 is 2.03 bits per heavy atom. The molecule has 1 heterocycles. The minimum Gasteiger partial charge on any atom is -0.344 e. The maximum Gasteiger partial charge on any atom is 0.416 e. The van der Waals surface area contributed by atoms with Gasteiger partial charge in [0.1, 0.15) is 0 Å². The van der Waals surface area contributed by atoms with Crippen molar-refractivity contribution in [1.82, 2.24) is 14.9 Å². The Morgan fingerprint density at radius 1 is 1.31 bits per heavy atom. The number of halogens is 3. The van der Waals surface area contributed by atoms with Crippen molar-refractivity contribution in [2.75, 3.05) is 12.3 Å². The molecule has 0 saturated carbocycles. The summed E-state index contributed by atoms with van der Waals surface area (Å²) < 4.78 is 40.2. The van der Waals surface area contributed by atoms with Gasteiger partial charge in [0, 0.05) is 17.8 Å². The molecule has 2 rings (SSSR count). The number of amides is 1. The molecule has 1 aromatic carbocycles. The van der Waals surface area contributed by atoms with Crippen molar-refractivity contribution in [2.45, 2.75) is 45.6 Å². The highest BCUT2D eigenvalue weighted by molar-refractivity contribution is 7.99. The average Bonchev–Trinajstić information content (AvgIpc) is 2.90. The second-order valence-electron chi connectivity index (χ2n) is 7.02. The van der Waals surface area contributed by atoms with E-state index >= 15 is 0 Å². The van der Waals surface area contributed by atoms with E-state index < -0.39 is 11.7 Å².